The Hall–Kier alpha value is -1.80. The van der Waals surface area contributed by atoms with Gasteiger partial charge in [0.15, 0.2) is 0 Å². The van der Waals surface area contributed by atoms with Gasteiger partial charge < -0.3 is 5.32 Å². The van der Waals surface area contributed by atoms with Crippen LogP contribution in [0.5, 0.6) is 0 Å². The summed E-state index contributed by atoms with van der Waals surface area (Å²) in [6, 6.07) is 18.3. The lowest BCUT2D eigenvalue weighted by Crippen LogP contribution is -2.33. The molecule has 1 aliphatic carbocycles. The van der Waals surface area contributed by atoms with E-state index < -0.39 is 0 Å². The molecule has 3 rings (SSSR count). The Morgan fingerprint density at radius 2 is 1.64 bits per heavy atom. The average Bonchev–Trinajstić information content (AvgIpc) is 2.64. The van der Waals surface area contributed by atoms with E-state index in [1.54, 1.807) is 0 Å². The van der Waals surface area contributed by atoms with Crippen LogP contribution in [0.15, 0.2) is 48.5 Å². The van der Waals surface area contributed by atoms with Gasteiger partial charge in [-0.2, -0.15) is 0 Å². The van der Waals surface area contributed by atoms with Crippen molar-refractivity contribution in [2.24, 2.45) is 0 Å². The lowest BCUT2D eigenvalue weighted by Gasteiger charge is -2.31. The van der Waals surface area contributed by atoms with Crippen LogP contribution < -0.4 is 5.32 Å². The number of para-hydroxylation sites is 1. The number of nitrogens with one attached hydrogen (secondary N) is 1. The van der Waals surface area contributed by atoms with Crippen molar-refractivity contribution in [2.45, 2.75) is 64.5 Å². The molecular formula is C23H32N2. The van der Waals surface area contributed by atoms with Gasteiger partial charge in [0, 0.05) is 24.0 Å². The van der Waals surface area contributed by atoms with Crippen molar-refractivity contribution in [2.75, 3.05) is 12.4 Å². The van der Waals surface area contributed by atoms with E-state index in [4.69, 9.17) is 0 Å². The molecule has 0 spiro atoms. The first kappa shape index (κ1) is 18.0. The predicted octanol–water partition coefficient (Wildman–Crippen LogP) is 6.32. The molecule has 0 saturated heterocycles. The molecule has 0 unspecified atom stereocenters. The summed E-state index contributed by atoms with van der Waals surface area (Å²) in [5, 5.41) is 3.62. The summed E-state index contributed by atoms with van der Waals surface area (Å²) < 4.78 is 0. The van der Waals surface area contributed by atoms with Gasteiger partial charge in [-0.25, -0.2) is 0 Å². The molecule has 0 aromatic heterocycles. The van der Waals surface area contributed by atoms with Crippen LogP contribution in [0, 0.1) is 0 Å². The van der Waals surface area contributed by atoms with Gasteiger partial charge in [0.1, 0.15) is 0 Å². The Morgan fingerprint density at radius 1 is 0.960 bits per heavy atom. The van der Waals surface area contributed by atoms with Crippen LogP contribution in [-0.4, -0.2) is 18.0 Å². The number of rotatable bonds is 6. The van der Waals surface area contributed by atoms with E-state index in [0.29, 0.717) is 5.92 Å². The molecule has 1 saturated carbocycles. The van der Waals surface area contributed by atoms with E-state index in [1.807, 2.05) is 0 Å². The van der Waals surface area contributed by atoms with Crippen LogP contribution in [0.1, 0.15) is 63.0 Å². The summed E-state index contributed by atoms with van der Waals surface area (Å²) in [7, 11) is 2.28. The Labute approximate surface area is 153 Å². The summed E-state index contributed by atoms with van der Waals surface area (Å²) in [6.07, 6.45) is 6.88. The highest BCUT2D eigenvalue weighted by Gasteiger charge is 2.18. The lowest BCUT2D eigenvalue weighted by molar-refractivity contribution is 0.185. The van der Waals surface area contributed by atoms with Crippen molar-refractivity contribution >= 4 is 11.4 Å². The second-order valence-electron chi connectivity index (χ2n) is 7.77. The minimum atomic E-state index is 0.575. The van der Waals surface area contributed by atoms with Crippen LogP contribution in [0.25, 0.3) is 0 Å². The molecule has 2 aromatic rings. The molecule has 0 amide bonds. The minimum Gasteiger partial charge on any atom is -0.355 e. The van der Waals surface area contributed by atoms with Gasteiger partial charge in [-0.15, -0.1) is 0 Å². The summed E-state index contributed by atoms with van der Waals surface area (Å²) in [5.41, 5.74) is 5.15. The molecule has 1 fully saturated rings. The highest BCUT2D eigenvalue weighted by atomic mass is 15.1. The van der Waals surface area contributed by atoms with Crippen molar-refractivity contribution in [3.8, 4) is 0 Å². The van der Waals surface area contributed by atoms with E-state index >= 15 is 0 Å². The first-order chi connectivity index (χ1) is 12.1. The number of anilines is 2. The van der Waals surface area contributed by atoms with Crippen molar-refractivity contribution < 1.29 is 0 Å². The molecular weight excluding hydrogens is 304 g/mol. The Kier molecular flexibility index (Phi) is 6.14. The quantitative estimate of drug-likeness (QED) is 0.664. The standard InChI is InChI=1S/C23H32N2/c1-18(2)19-13-15-21(16-14-19)24-23-12-8-7-9-20(23)17-25(3)22-10-5-4-6-11-22/h7-9,12-16,18,22,24H,4-6,10-11,17H2,1-3H3. The van der Waals surface area contributed by atoms with Crippen LogP contribution in [0.2, 0.25) is 0 Å². The maximum Gasteiger partial charge on any atom is 0.0429 e. The van der Waals surface area contributed by atoms with Gasteiger partial charge in [0.25, 0.3) is 0 Å². The van der Waals surface area contributed by atoms with Gasteiger partial charge in [-0.3, -0.25) is 4.90 Å². The van der Waals surface area contributed by atoms with Crippen LogP contribution in [0.4, 0.5) is 11.4 Å². The number of hydrogen-bond donors (Lipinski definition) is 1. The van der Waals surface area contributed by atoms with Gasteiger partial charge in [0.05, 0.1) is 0 Å². The fraction of sp³-hybridized carbons (Fsp3) is 0.478. The van der Waals surface area contributed by atoms with Crippen molar-refractivity contribution in [3.63, 3.8) is 0 Å². The van der Waals surface area contributed by atoms with E-state index in [2.05, 4.69) is 79.6 Å². The molecule has 2 aromatic carbocycles. The second kappa shape index (κ2) is 8.53. The fourth-order valence-electron chi connectivity index (χ4n) is 3.81. The largest absolute Gasteiger partial charge is 0.355 e. The summed E-state index contributed by atoms with van der Waals surface area (Å²) in [4.78, 5) is 2.54. The SMILES string of the molecule is CC(C)c1ccc(Nc2ccccc2CN(C)C2CCCCC2)cc1. The van der Waals surface area contributed by atoms with E-state index in [0.717, 1.165) is 18.3 Å². The third kappa shape index (κ3) is 4.85. The second-order valence-corrected chi connectivity index (χ2v) is 7.77. The van der Waals surface area contributed by atoms with Gasteiger partial charge in [0.2, 0.25) is 0 Å². The minimum absolute atomic E-state index is 0.575. The number of hydrogen-bond acceptors (Lipinski definition) is 2. The molecule has 0 radical (unpaired) electrons. The van der Waals surface area contributed by atoms with E-state index in [-0.39, 0.29) is 0 Å². The molecule has 0 atom stereocenters. The third-order valence-electron chi connectivity index (χ3n) is 5.49. The predicted molar refractivity (Wildman–Crippen MR) is 109 cm³/mol. The first-order valence-electron chi connectivity index (χ1n) is 9.78. The van der Waals surface area contributed by atoms with Crippen LogP contribution >= 0.6 is 0 Å². The molecule has 134 valence electrons. The summed E-state index contributed by atoms with van der Waals surface area (Å²) >= 11 is 0. The molecule has 1 aliphatic rings. The van der Waals surface area contributed by atoms with Gasteiger partial charge >= 0.3 is 0 Å². The molecule has 2 heteroatoms. The molecule has 0 bridgehead atoms. The molecule has 0 heterocycles. The van der Waals surface area contributed by atoms with Crippen molar-refractivity contribution in [1.82, 2.24) is 4.90 Å². The van der Waals surface area contributed by atoms with Gasteiger partial charge in [-0.1, -0.05) is 63.4 Å². The third-order valence-corrected chi connectivity index (χ3v) is 5.49. The Bertz CT molecular complexity index is 654. The monoisotopic (exact) mass is 336 g/mol. The van der Waals surface area contributed by atoms with E-state index in [9.17, 15) is 0 Å². The highest BCUT2D eigenvalue weighted by molar-refractivity contribution is 5.63. The zero-order chi connectivity index (χ0) is 17.6. The number of nitrogens with zero attached hydrogens (tertiary/aromatic N) is 1. The zero-order valence-corrected chi connectivity index (χ0v) is 16.0. The molecule has 0 aliphatic heterocycles. The maximum absolute atomic E-state index is 3.62. The van der Waals surface area contributed by atoms with Gasteiger partial charge in [-0.05, 0) is 55.1 Å². The Balaban J connectivity index is 1.69. The normalized spacial score (nSPS) is 15.7. The highest BCUT2D eigenvalue weighted by Crippen LogP contribution is 2.27. The summed E-state index contributed by atoms with van der Waals surface area (Å²) in [5.74, 6) is 0.575. The molecule has 2 nitrogen and oxygen atoms in total. The fourth-order valence-corrected chi connectivity index (χ4v) is 3.81. The summed E-state index contributed by atoms with van der Waals surface area (Å²) in [6.45, 7) is 5.48. The number of benzene rings is 2. The average molecular weight is 337 g/mol. The lowest BCUT2D eigenvalue weighted by atomic mass is 9.94. The zero-order valence-electron chi connectivity index (χ0n) is 16.0. The van der Waals surface area contributed by atoms with Crippen LogP contribution in [0.3, 0.4) is 0 Å². The van der Waals surface area contributed by atoms with Crippen molar-refractivity contribution in [3.05, 3.63) is 59.7 Å². The van der Waals surface area contributed by atoms with E-state index in [1.165, 1.54) is 48.9 Å². The topological polar surface area (TPSA) is 15.3 Å². The van der Waals surface area contributed by atoms with Crippen LogP contribution in [-0.2, 0) is 6.54 Å². The maximum atomic E-state index is 3.62. The first-order valence-corrected chi connectivity index (χ1v) is 9.78. The molecule has 25 heavy (non-hydrogen) atoms. The van der Waals surface area contributed by atoms with Crippen molar-refractivity contribution in [1.29, 1.82) is 0 Å². The smallest absolute Gasteiger partial charge is 0.0429 e. The Morgan fingerprint density at radius 3 is 2.32 bits per heavy atom. The molecule has 1 N–H and O–H groups in total.